The van der Waals surface area contributed by atoms with E-state index < -0.39 is 12.1 Å². The molecule has 0 spiro atoms. The van der Waals surface area contributed by atoms with Crippen molar-refractivity contribution in [3.63, 3.8) is 0 Å². The van der Waals surface area contributed by atoms with Crippen molar-refractivity contribution in [3.8, 4) is 0 Å². The van der Waals surface area contributed by atoms with Crippen LogP contribution < -0.4 is 0 Å². The molecule has 0 aromatic carbocycles. The predicted octanol–water partition coefficient (Wildman–Crippen LogP) is 4.27. The Bertz CT molecular complexity index is 561. The van der Waals surface area contributed by atoms with E-state index in [2.05, 4.69) is 6.58 Å². The second-order valence-corrected chi connectivity index (χ2v) is 5.84. The maximum absolute atomic E-state index is 12.7. The Balaban J connectivity index is 2.14. The molecule has 0 radical (unpaired) electrons. The first-order valence-electron chi connectivity index (χ1n) is 7.57. The summed E-state index contributed by atoms with van der Waals surface area (Å²) in [6.45, 7) is 3.28. The number of rotatable bonds is 4. The van der Waals surface area contributed by atoms with Crippen LogP contribution in [0.2, 0.25) is 0 Å². The van der Waals surface area contributed by atoms with E-state index in [1.54, 1.807) is 0 Å². The highest BCUT2D eigenvalue weighted by Gasteiger charge is 2.38. The quantitative estimate of drug-likeness (QED) is 0.619. The minimum atomic E-state index is -4.29. The zero-order valence-electron chi connectivity index (χ0n) is 12.7. The minimum absolute atomic E-state index is 0.105. The van der Waals surface area contributed by atoms with E-state index in [1.165, 1.54) is 17.1 Å². The summed E-state index contributed by atoms with van der Waals surface area (Å²) in [5, 5.41) is 9.45. The Morgan fingerprint density at radius 1 is 1.35 bits per heavy atom. The van der Waals surface area contributed by atoms with Crippen LogP contribution in [-0.2, 0) is 4.79 Å². The number of carbonyl (C=O) groups is 1. The number of hydrogen-bond acceptors (Lipinski definition) is 2. The highest BCUT2D eigenvalue weighted by atomic mass is 19.4. The molecule has 0 heterocycles. The van der Waals surface area contributed by atoms with E-state index in [0.29, 0.717) is 18.5 Å². The van der Waals surface area contributed by atoms with Gasteiger partial charge in [-0.25, -0.2) is 0 Å². The number of halogens is 3. The fourth-order valence-corrected chi connectivity index (χ4v) is 2.77. The van der Waals surface area contributed by atoms with Gasteiger partial charge in [-0.15, -0.1) is 0 Å². The van der Waals surface area contributed by atoms with Gasteiger partial charge < -0.3 is 10.0 Å². The summed E-state index contributed by atoms with van der Waals surface area (Å²) in [5.74, 6) is -2.13. The molecule has 0 aromatic heterocycles. The van der Waals surface area contributed by atoms with Crippen LogP contribution in [0.25, 0.3) is 0 Å². The lowest BCUT2D eigenvalue weighted by Crippen LogP contribution is -2.37. The summed E-state index contributed by atoms with van der Waals surface area (Å²) in [6, 6.07) is 0. The standard InChI is InChI=1S/C17H20F3NO2/c1-12(22)11-21(16(23)13-5-3-2-4-6-13)15-9-7-14(8-10-15)17(18,19)20/h2-3,7,9-10,13-14,22H,1,4-6,8,11H2/t13-,14?/m0/s1. The molecule has 0 bridgehead atoms. The van der Waals surface area contributed by atoms with Gasteiger partial charge in [-0.2, -0.15) is 13.2 Å². The average Bonchev–Trinajstić information content (AvgIpc) is 2.52. The Kier molecular flexibility index (Phi) is 5.34. The molecule has 2 aliphatic carbocycles. The van der Waals surface area contributed by atoms with Gasteiger partial charge >= 0.3 is 6.18 Å². The Labute approximate surface area is 133 Å². The average molecular weight is 327 g/mol. The number of nitrogens with zero attached hydrogens (tertiary/aromatic N) is 1. The molecule has 1 amide bonds. The van der Waals surface area contributed by atoms with Crippen LogP contribution in [0, 0.1) is 11.8 Å². The van der Waals surface area contributed by atoms with Crippen molar-refractivity contribution in [1.82, 2.24) is 4.90 Å². The van der Waals surface area contributed by atoms with E-state index in [4.69, 9.17) is 0 Å². The first-order chi connectivity index (χ1) is 10.8. The molecule has 2 atom stereocenters. The summed E-state index contributed by atoms with van der Waals surface area (Å²) in [5.41, 5.74) is 0.389. The van der Waals surface area contributed by atoms with Gasteiger partial charge in [-0.05, 0) is 31.8 Å². The number of hydrogen-bond donors (Lipinski definition) is 1. The normalized spacial score (nSPS) is 24.2. The van der Waals surface area contributed by atoms with Crippen LogP contribution in [0.15, 0.2) is 48.4 Å². The highest BCUT2D eigenvalue weighted by Crippen LogP contribution is 2.34. The number of aliphatic hydroxyl groups is 1. The highest BCUT2D eigenvalue weighted by molar-refractivity contribution is 5.81. The number of carbonyl (C=O) groups excluding carboxylic acids is 1. The van der Waals surface area contributed by atoms with Gasteiger partial charge in [0.05, 0.1) is 12.5 Å². The van der Waals surface area contributed by atoms with Gasteiger partial charge in [0.1, 0.15) is 5.76 Å². The van der Waals surface area contributed by atoms with Crippen LogP contribution in [-0.4, -0.2) is 28.6 Å². The second-order valence-electron chi connectivity index (χ2n) is 5.84. The van der Waals surface area contributed by atoms with E-state index in [-0.39, 0.29) is 30.5 Å². The third-order valence-corrected chi connectivity index (χ3v) is 4.04. The van der Waals surface area contributed by atoms with Crippen LogP contribution in [0.1, 0.15) is 25.7 Å². The molecule has 126 valence electrons. The summed E-state index contributed by atoms with van der Waals surface area (Å²) < 4.78 is 38.1. The van der Waals surface area contributed by atoms with Crippen LogP contribution >= 0.6 is 0 Å². The maximum Gasteiger partial charge on any atom is 0.395 e. The SMILES string of the molecule is C=C(O)CN(C(=O)[C@H]1CC=CCC1)C1=CCC(C(F)(F)F)C=C1. The van der Waals surface area contributed by atoms with Crippen molar-refractivity contribution in [1.29, 1.82) is 0 Å². The predicted molar refractivity (Wildman–Crippen MR) is 81.3 cm³/mol. The lowest BCUT2D eigenvalue weighted by atomic mass is 9.92. The monoisotopic (exact) mass is 327 g/mol. The molecule has 0 aliphatic heterocycles. The lowest BCUT2D eigenvalue weighted by Gasteiger charge is -2.30. The van der Waals surface area contributed by atoms with Crippen molar-refractivity contribution >= 4 is 5.91 Å². The van der Waals surface area contributed by atoms with Gasteiger partial charge in [0, 0.05) is 11.6 Å². The lowest BCUT2D eigenvalue weighted by molar-refractivity contribution is -0.160. The molecule has 23 heavy (non-hydrogen) atoms. The Morgan fingerprint density at radius 3 is 2.57 bits per heavy atom. The molecular formula is C17H20F3NO2. The van der Waals surface area contributed by atoms with Gasteiger partial charge in [0.2, 0.25) is 5.91 Å². The summed E-state index contributed by atoms with van der Waals surface area (Å²) in [4.78, 5) is 14.0. The first kappa shape index (κ1) is 17.4. The van der Waals surface area contributed by atoms with Crippen LogP contribution in [0.5, 0.6) is 0 Å². The molecule has 3 nitrogen and oxygen atoms in total. The molecular weight excluding hydrogens is 307 g/mol. The number of amides is 1. The van der Waals surface area contributed by atoms with Crippen molar-refractivity contribution in [3.05, 3.63) is 48.4 Å². The molecule has 2 rings (SSSR count). The van der Waals surface area contributed by atoms with E-state index >= 15 is 0 Å². The van der Waals surface area contributed by atoms with E-state index in [1.807, 2.05) is 12.2 Å². The van der Waals surface area contributed by atoms with Gasteiger partial charge in [0.15, 0.2) is 0 Å². The molecule has 0 saturated heterocycles. The fraction of sp³-hybridized carbons (Fsp3) is 0.471. The van der Waals surface area contributed by atoms with Crippen molar-refractivity contribution in [2.45, 2.75) is 31.9 Å². The molecule has 1 N–H and O–H groups in total. The third kappa shape index (κ3) is 4.50. The Hall–Kier alpha value is -1.98. The van der Waals surface area contributed by atoms with Gasteiger partial charge in [-0.3, -0.25) is 4.79 Å². The van der Waals surface area contributed by atoms with Crippen molar-refractivity contribution in [2.24, 2.45) is 11.8 Å². The zero-order valence-corrected chi connectivity index (χ0v) is 12.7. The largest absolute Gasteiger partial charge is 0.511 e. The molecule has 0 fully saturated rings. The third-order valence-electron chi connectivity index (χ3n) is 4.04. The number of alkyl halides is 3. The zero-order chi connectivity index (χ0) is 17.0. The number of aliphatic hydroxyl groups excluding tert-OH is 1. The summed E-state index contributed by atoms with van der Waals surface area (Å²) >= 11 is 0. The van der Waals surface area contributed by atoms with Crippen molar-refractivity contribution < 1.29 is 23.1 Å². The maximum atomic E-state index is 12.7. The second kappa shape index (κ2) is 7.06. The van der Waals surface area contributed by atoms with E-state index in [9.17, 15) is 23.1 Å². The van der Waals surface area contributed by atoms with Crippen LogP contribution in [0.3, 0.4) is 0 Å². The summed E-state index contributed by atoms with van der Waals surface area (Å²) in [7, 11) is 0. The molecule has 6 heteroatoms. The molecule has 0 aromatic rings. The van der Waals surface area contributed by atoms with Crippen LogP contribution in [0.4, 0.5) is 13.2 Å². The van der Waals surface area contributed by atoms with Crippen molar-refractivity contribution in [2.75, 3.05) is 6.54 Å². The molecule has 1 unspecified atom stereocenters. The van der Waals surface area contributed by atoms with Gasteiger partial charge in [-0.1, -0.05) is 30.9 Å². The Morgan fingerprint density at radius 2 is 2.09 bits per heavy atom. The smallest absolute Gasteiger partial charge is 0.395 e. The minimum Gasteiger partial charge on any atom is -0.511 e. The summed E-state index contributed by atoms with van der Waals surface area (Å²) in [6.07, 6.45) is 5.32. The fourth-order valence-electron chi connectivity index (χ4n) is 2.77. The first-order valence-corrected chi connectivity index (χ1v) is 7.57. The number of allylic oxidation sites excluding steroid dienone is 5. The van der Waals surface area contributed by atoms with E-state index in [0.717, 1.165) is 12.5 Å². The molecule has 2 aliphatic rings. The molecule has 0 saturated carbocycles. The topological polar surface area (TPSA) is 40.5 Å². The van der Waals surface area contributed by atoms with Gasteiger partial charge in [0.25, 0.3) is 0 Å².